The number of hydrogen-bond acceptors (Lipinski definition) is 4. The van der Waals surface area contributed by atoms with Gasteiger partial charge in [-0.1, -0.05) is 19.0 Å². The molecule has 0 atom stereocenters. The van der Waals surface area contributed by atoms with Crippen molar-refractivity contribution in [3.63, 3.8) is 0 Å². The Morgan fingerprint density at radius 3 is 2.53 bits per heavy atom. The summed E-state index contributed by atoms with van der Waals surface area (Å²) in [7, 11) is 1.45. The van der Waals surface area contributed by atoms with Gasteiger partial charge in [0.15, 0.2) is 0 Å². The van der Waals surface area contributed by atoms with E-state index in [0.29, 0.717) is 11.6 Å². The number of halogens is 1. The topological polar surface area (TPSA) is 79.1 Å². The molecule has 1 aliphatic carbocycles. The molecule has 1 amide bonds. The maximum absolute atomic E-state index is 14.2. The monoisotopic (exact) mass is 472 g/mol. The average molecular weight is 473 g/mol. The Balaban J connectivity index is 1.58. The molecule has 1 aliphatic heterocycles. The molecule has 2 N–H and O–H groups in total. The van der Waals surface area contributed by atoms with Crippen LogP contribution in [0.4, 0.5) is 9.18 Å². The van der Waals surface area contributed by atoms with Crippen LogP contribution >= 0.6 is 0 Å². The zero-order valence-corrected chi connectivity index (χ0v) is 20.5. The van der Waals surface area contributed by atoms with E-state index in [0.717, 1.165) is 54.4 Å². The molecule has 2 aliphatic rings. The maximum Gasteiger partial charge on any atom is 0.404 e. The lowest BCUT2D eigenvalue weighted by Crippen LogP contribution is -2.44. The standard InChI is InChI=1S/C26H37FN4O3/c1-17(2)18-4-7-20(8-5-18)30-12-10-21(11-13-30)31-24-9-6-19(27)14-22(24)23(15-29-34-3)25(31)16-28-26(32)33/h6,9,14-15,17-18,20-21,28H,4-5,7-8,10-13,16H2,1-3H3,(H,32,33). The summed E-state index contributed by atoms with van der Waals surface area (Å²) in [5.74, 6) is 1.30. The van der Waals surface area contributed by atoms with Gasteiger partial charge in [-0.25, -0.2) is 9.18 Å². The molecule has 7 nitrogen and oxygen atoms in total. The van der Waals surface area contributed by atoms with Crippen LogP contribution in [0.1, 0.15) is 69.7 Å². The second-order valence-corrected chi connectivity index (χ2v) is 10.0. The van der Waals surface area contributed by atoms with Crippen LogP contribution in [0.5, 0.6) is 0 Å². The molecule has 34 heavy (non-hydrogen) atoms. The summed E-state index contributed by atoms with van der Waals surface area (Å²) < 4.78 is 16.4. The largest absolute Gasteiger partial charge is 0.465 e. The van der Waals surface area contributed by atoms with E-state index in [9.17, 15) is 14.3 Å². The molecular weight excluding hydrogens is 435 g/mol. The van der Waals surface area contributed by atoms with E-state index in [4.69, 9.17) is 4.84 Å². The van der Waals surface area contributed by atoms with Crippen LogP contribution in [0.3, 0.4) is 0 Å². The van der Waals surface area contributed by atoms with E-state index in [1.165, 1.54) is 44.9 Å². The summed E-state index contributed by atoms with van der Waals surface area (Å²) in [4.78, 5) is 18.8. The molecule has 2 aromatic rings. The zero-order valence-electron chi connectivity index (χ0n) is 20.5. The van der Waals surface area contributed by atoms with Crippen molar-refractivity contribution >= 4 is 23.2 Å². The first kappa shape index (κ1) is 24.5. The number of piperidine rings is 1. The highest BCUT2D eigenvalue weighted by atomic mass is 19.1. The number of nitrogens with zero attached hydrogens (tertiary/aromatic N) is 3. The minimum atomic E-state index is -1.09. The van der Waals surface area contributed by atoms with E-state index in [2.05, 4.69) is 33.8 Å². The Kier molecular flexibility index (Phi) is 7.76. The third-order valence-electron chi connectivity index (χ3n) is 7.87. The highest BCUT2D eigenvalue weighted by Gasteiger charge is 2.32. The molecular formula is C26H37FN4O3. The summed E-state index contributed by atoms with van der Waals surface area (Å²) in [6.45, 7) is 6.85. The van der Waals surface area contributed by atoms with Gasteiger partial charge < -0.3 is 24.7 Å². The van der Waals surface area contributed by atoms with Crippen LogP contribution in [0.2, 0.25) is 0 Å². The Morgan fingerprint density at radius 2 is 1.91 bits per heavy atom. The molecule has 8 heteroatoms. The Hall–Kier alpha value is -2.61. The van der Waals surface area contributed by atoms with E-state index in [1.807, 2.05) is 0 Å². The SMILES string of the molecule is CON=Cc1c(CNC(=O)O)n(C2CCN(C3CCC(C(C)C)CC3)CC2)c2ccc(F)cc12. The van der Waals surface area contributed by atoms with Crippen molar-refractivity contribution in [2.45, 2.75) is 71.0 Å². The lowest BCUT2D eigenvalue weighted by molar-refractivity contribution is 0.0889. The predicted molar refractivity (Wildman–Crippen MR) is 132 cm³/mol. The fourth-order valence-corrected chi connectivity index (χ4v) is 6.01. The van der Waals surface area contributed by atoms with Gasteiger partial charge in [0.25, 0.3) is 0 Å². The van der Waals surface area contributed by atoms with Gasteiger partial charge in [-0.3, -0.25) is 0 Å². The number of benzene rings is 1. The normalized spacial score (nSPS) is 22.6. The van der Waals surface area contributed by atoms with Crippen molar-refractivity contribution in [1.82, 2.24) is 14.8 Å². The van der Waals surface area contributed by atoms with Gasteiger partial charge in [0.05, 0.1) is 12.8 Å². The second-order valence-electron chi connectivity index (χ2n) is 10.0. The third-order valence-corrected chi connectivity index (χ3v) is 7.87. The molecule has 1 aromatic heterocycles. The van der Waals surface area contributed by atoms with Crippen LogP contribution in [-0.4, -0.2) is 53.1 Å². The minimum Gasteiger partial charge on any atom is -0.465 e. The number of carbonyl (C=O) groups is 1. The van der Waals surface area contributed by atoms with Gasteiger partial charge in [0.1, 0.15) is 12.9 Å². The number of fused-ring (bicyclic) bond motifs is 1. The van der Waals surface area contributed by atoms with Crippen molar-refractivity contribution < 1.29 is 19.1 Å². The highest BCUT2D eigenvalue weighted by molar-refractivity contribution is 6.01. The molecule has 0 bridgehead atoms. The van der Waals surface area contributed by atoms with E-state index < -0.39 is 6.09 Å². The fraction of sp³-hybridized carbons (Fsp3) is 0.615. The zero-order chi connectivity index (χ0) is 24.2. The molecule has 0 spiro atoms. The smallest absolute Gasteiger partial charge is 0.404 e. The lowest BCUT2D eigenvalue weighted by atomic mass is 9.79. The molecule has 0 unspecified atom stereocenters. The first-order valence-corrected chi connectivity index (χ1v) is 12.5. The number of oxime groups is 1. The fourth-order valence-electron chi connectivity index (χ4n) is 6.01. The first-order chi connectivity index (χ1) is 16.4. The highest BCUT2D eigenvalue weighted by Crippen LogP contribution is 2.37. The number of carboxylic acid groups (broad SMARTS) is 1. The Morgan fingerprint density at radius 1 is 1.21 bits per heavy atom. The lowest BCUT2D eigenvalue weighted by Gasteiger charge is -2.42. The van der Waals surface area contributed by atoms with Gasteiger partial charge in [-0.15, -0.1) is 0 Å². The number of aromatic nitrogens is 1. The number of hydrogen-bond donors (Lipinski definition) is 2. The van der Waals surface area contributed by atoms with Gasteiger partial charge in [0, 0.05) is 47.3 Å². The summed E-state index contributed by atoms with van der Waals surface area (Å²) in [5, 5.41) is 16.4. The first-order valence-electron chi connectivity index (χ1n) is 12.5. The van der Waals surface area contributed by atoms with Gasteiger partial charge in [-0.2, -0.15) is 0 Å². The molecule has 1 aromatic carbocycles. The van der Waals surface area contributed by atoms with E-state index >= 15 is 0 Å². The van der Waals surface area contributed by atoms with Crippen LogP contribution < -0.4 is 5.32 Å². The average Bonchev–Trinajstić information content (AvgIpc) is 3.13. The Labute approximate surface area is 200 Å². The van der Waals surface area contributed by atoms with Crippen LogP contribution in [0.15, 0.2) is 23.4 Å². The molecule has 1 saturated carbocycles. The van der Waals surface area contributed by atoms with Crippen LogP contribution in [0.25, 0.3) is 10.9 Å². The quantitative estimate of drug-likeness (QED) is 0.419. The molecule has 2 heterocycles. The molecule has 1 saturated heterocycles. The molecule has 4 rings (SSSR count). The van der Waals surface area contributed by atoms with Gasteiger partial charge in [-0.05, 0) is 68.6 Å². The predicted octanol–water partition coefficient (Wildman–Crippen LogP) is 5.38. The summed E-state index contributed by atoms with van der Waals surface area (Å²) in [6.07, 6.45) is 7.63. The van der Waals surface area contributed by atoms with Crippen LogP contribution in [-0.2, 0) is 11.4 Å². The van der Waals surface area contributed by atoms with Crippen molar-refractivity contribution in [3.05, 3.63) is 35.3 Å². The molecule has 0 radical (unpaired) electrons. The summed E-state index contributed by atoms with van der Waals surface area (Å²) in [6, 6.07) is 5.64. The van der Waals surface area contributed by atoms with Crippen LogP contribution in [0, 0.1) is 17.7 Å². The number of amides is 1. The van der Waals surface area contributed by atoms with Crippen molar-refractivity contribution in [3.8, 4) is 0 Å². The minimum absolute atomic E-state index is 0.121. The molecule has 186 valence electrons. The van der Waals surface area contributed by atoms with E-state index in [-0.39, 0.29) is 18.4 Å². The van der Waals surface area contributed by atoms with Crippen molar-refractivity contribution in [2.75, 3.05) is 20.2 Å². The van der Waals surface area contributed by atoms with Gasteiger partial charge in [0.2, 0.25) is 0 Å². The number of likely N-dealkylation sites (tertiary alicyclic amines) is 1. The van der Waals surface area contributed by atoms with Crippen molar-refractivity contribution in [1.29, 1.82) is 0 Å². The maximum atomic E-state index is 14.2. The molecule has 2 fully saturated rings. The number of nitrogens with one attached hydrogen (secondary N) is 1. The van der Waals surface area contributed by atoms with Gasteiger partial charge >= 0.3 is 6.09 Å². The van der Waals surface area contributed by atoms with Crippen molar-refractivity contribution in [2.24, 2.45) is 17.0 Å². The Bertz CT molecular complexity index is 1020. The number of rotatable bonds is 7. The second kappa shape index (κ2) is 10.8. The summed E-state index contributed by atoms with van der Waals surface area (Å²) >= 11 is 0. The summed E-state index contributed by atoms with van der Waals surface area (Å²) in [5.41, 5.74) is 2.39. The van der Waals surface area contributed by atoms with E-state index in [1.54, 1.807) is 12.3 Å². The third kappa shape index (κ3) is 5.22.